The van der Waals surface area contributed by atoms with Crippen molar-refractivity contribution in [2.75, 3.05) is 5.32 Å². The molecule has 1 N–H and O–H groups in total. The molecule has 5 nitrogen and oxygen atoms in total. The minimum absolute atomic E-state index is 0.0181. The van der Waals surface area contributed by atoms with Gasteiger partial charge in [-0.25, -0.2) is 4.98 Å². The predicted octanol–water partition coefficient (Wildman–Crippen LogP) is 6.77. The van der Waals surface area contributed by atoms with Crippen LogP contribution in [0.2, 0.25) is 0 Å². The van der Waals surface area contributed by atoms with Gasteiger partial charge >= 0.3 is 0 Å². The number of aromatic nitrogens is 2. The standard InChI is InChI=1S/C27H23N3O2S/c1-16-13-21(18(3)30-23-9-5-4-8-20(23)27-29-11-12-33-27)26-22(14-16)24(31)17(2)25(32-26)19-7-6-10-28-15-19/h4-15,18,30H,1-3H3/t18-/m1/s1. The summed E-state index contributed by atoms with van der Waals surface area (Å²) in [6, 6.07) is 15.7. The lowest BCUT2D eigenvalue weighted by atomic mass is 9.99. The second-order valence-corrected chi connectivity index (χ2v) is 9.00. The number of hydrogen-bond acceptors (Lipinski definition) is 6. The first-order valence-corrected chi connectivity index (χ1v) is 11.6. The smallest absolute Gasteiger partial charge is 0.196 e. The van der Waals surface area contributed by atoms with Crippen LogP contribution in [-0.2, 0) is 0 Å². The third-order valence-corrected chi connectivity index (χ3v) is 6.55. The van der Waals surface area contributed by atoms with E-state index in [0.29, 0.717) is 22.3 Å². The molecule has 0 saturated carbocycles. The fraction of sp³-hybridized carbons (Fsp3) is 0.148. The molecular weight excluding hydrogens is 430 g/mol. The third kappa shape index (κ3) is 3.94. The number of pyridine rings is 1. The van der Waals surface area contributed by atoms with Gasteiger partial charge in [0.25, 0.3) is 0 Å². The first kappa shape index (κ1) is 21.1. The maximum absolute atomic E-state index is 13.3. The van der Waals surface area contributed by atoms with E-state index in [4.69, 9.17) is 4.42 Å². The quantitative estimate of drug-likeness (QED) is 0.318. The van der Waals surface area contributed by atoms with Crippen molar-refractivity contribution in [3.63, 3.8) is 0 Å². The molecular formula is C27H23N3O2S. The second kappa shape index (κ2) is 8.64. The molecule has 164 valence electrons. The highest BCUT2D eigenvalue weighted by Crippen LogP contribution is 2.35. The highest BCUT2D eigenvalue weighted by Gasteiger charge is 2.20. The Morgan fingerprint density at radius 1 is 1.06 bits per heavy atom. The summed E-state index contributed by atoms with van der Waals surface area (Å²) in [6.07, 6.45) is 5.24. The Balaban J connectivity index is 1.64. The Kier molecular flexibility index (Phi) is 5.52. The summed E-state index contributed by atoms with van der Waals surface area (Å²) in [7, 11) is 0. The Labute approximate surface area is 195 Å². The van der Waals surface area contributed by atoms with E-state index >= 15 is 0 Å². The van der Waals surface area contributed by atoms with E-state index in [-0.39, 0.29) is 11.5 Å². The SMILES string of the molecule is Cc1cc([C@@H](C)Nc2ccccc2-c2nccs2)c2oc(-c3cccnc3)c(C)c(=O)c2c1. The van der Waals surface area contributed by atoms with E-state index in [1.165, 1.54) is 0 Å². The van der Waals surface area contributed by atoms with E-state index in [1.807, 2.05) is 61.8 Å². The molecule has 0 amide bonds. The van der Waals surface area contributed by atoms with Crippen LogP contribution in [0.5, 0.6) is 0 Å². The highest BCUT2D eigenvalue weighted by atomic mass is 32.1. The molecule has 0 aliphatic heterocycles. The first-order valence-electron chi connectivity index (χ1n) is 10.8. The Bertz CT molecular complexity index is 1490. The summed E-state index contributed by atoms with van der Waals surface area (Å²) in [6.45, 7) is 5.89. The summed E-state index contributed by atoms with van der Waals surface area (Å²) in [5.41, 5.74) is 5.93. The Morgan fingerprint density at radius 2 is 1.91 bits per heavy atom. The molecule has 0 unspecified atom stereocenters. The number of anilines is 1. The molecule has 0 radical (unpaired) electrons. The summed E-state index contributed by atoms with van der Waals surface area (Å²) in [5.74, 6) is 0.557. The van der Waals surface area contributed by atoms with Gasteiger partial charge in [-0.1, -0.05) is 18.2 Å². The molecule has 33 heavy (non-hydrogen) atoms. The van der Waals surface area contributed by atoms with Crippen molar-refractivity contribution in [1.29, 1.82) is 0 Å². The largest absolute Gasteiger partial charge is 0.455 e. The summed E-state index contributed by atoms with van der Waals surface area (Å²) in [4.78, 5) is 22.0. The number of para-hydroxylation sites is 1. The number of aryl methyl sites for hydroxylation is 1. The van der Waals surface area contributed by atoms with Crippen molar-refractivity contribution in [2.24, 2.45) is 0 Å². The molecule has 5 aromatic rings. The summed E-state index contributed by atoms with van der Waals surface area (Å²) in [5, 5.41) is 7.15. The van der Waals surface area contributed by atoms with Crippen molar-refractivity contribution in [1.82, 2.24) is 9.97 Å². The topological polar surface area (TPSA) is 68.0 Å². The van der Waals surface area contributed by atoms with Gasteiger partial charge in [-0.15, -0.1) is 11.3 Å². The van der Waals surface area contributed by atoms with Crippen molar-refractivity contribution < 1.29 is 4.42 Å². The van der Waals surface area contributed by atoms with Crippen LogP contribution in [0.15, 0.2) is 81.7 Å². The fourth-order valence-corrected chi connectivity index (χ4v) is 4.80. The molecule has 1 atom stereocenters. The molecule has 3 aromatic heterocycles. The minimum Gasteiger partial charge on any atom is -0.455 e. The van der Waals surface area contributed by atoms with Crippen LogP contribution in [0, 0.1) is 13.8 Å². The average Bonchev–Trinajstić information content (AvgIpc) is 3.37. The van der Waals surface area contributed by atoms with Crippen molar-refractivity contribution >= 4 is 28.0 Å². The van der Waals surface area contributed by atoms with E-state index < -0.39 is 0 Å². The number of rotatable bonds is 5. The van der Waals surface area contributed by atoms with E-state index in [1.54, 1.807) is 23.7 Å². The van der Waals surface area contributed by atoms with Gasteiger partial charge in [0.1, 0.15) is 16.4 Å². The monoisotopic (exact) mass is 453 g/mol. The van der Waals surface area contributed by atoms with Crippen molar-refractivity contribution in [3.8, 4) is 21.9 Å². The minimum atomic E-state index is -0.110. The van der Waals surface area contributed by atoms with Crippen molar-refractivity contribution in [2.45, 2.75) is 26.8 Å². The second-order valence-electron chi connectivity index (χ2n) is 8.11. The number of fused-ring (bicyclic) bond motifs is 1. The van der Waals surface area contributed by atoms with Gasteiger partial charge in [-0.3, -0.25) is 9.78 Å². The normalized spacial score (nSPS) is 12.1. The average molecular weight is 454 g/mol. The van der Waals surface area contributed by atoms with Crippen molar-refractivity contribution in [3.05, 3.63) is 99.4 Å². The van der Waals surface area contributed by atoms with Gasteiger partial charge < -0.3 is 9.73 Å². The molecule has 6 heteroatoms. The van der Waals surface area contributed by atoms with Crippen LogP contribution in [0.3, 0.4) is 0 Å². The lowest BCUT2D eigenvalue weighted by molar-refractivity contribution is 0.605. The van der Waals surface area contributed by atoms with Crippen LogP contribution < -0.4 is 10.7 Å². The molecule has 0 saturated heterocycles. The molecule has 0 aliphatic carbocycles. The number of nitrogens with zero attached hydrogens (tertiary/aromatic N) is 2. The molecule has 2 aromatic carbocycles. The van der Waals surface area contributed by atoms with E-state index in [9.17, 15) is 4.79 Å². The Hall–Kier alpha value is -3.77. The van der Waals surface area contributed by atoms with Crippen LogP contribution >= 0.6 is 11.3 Å². The van der Waals surface area contributed by atoms with Crippen LogP contribution in [-0.4, -0.2) is 9.97 Å². The molecule has 0 spiro atoms. The lowest BCUT2D eigenvalue weighted by Gasteiger charge is -2.20. The zero-order valence-corrected chi connectivity index (χ0v) is 19.4. The van der Waals surface area contributed by atoms with Gasteiger partial charge in [0.15, 0.2) is 5.43 Å². The van der Waals surface area contributed by atoms with E-state index in [2.05, 4.69) is 34.3 Å². The van der Waals surface area contributed by atoms with Crippen LogP contribution in [0.1, 0.15) is 29.7 Å². The summed E-state index contributed by atoms with van der Waals surface area (Å²) >= 11 is 1.60. The van der Waals surface area contributed by atoms with Gasteiger partial charge in [-0.2, -0.15) is 0 Å². The van der Waals surface area contributed by atoms with Gasteiger partial charge in [0.2, 0.25) is 0 Å². The molecule has 3 heterocycles. The first-order chi connectivity index (χ1) is 16.0. The zero-order chi connectivity index (χ0) is 22.9. The van der Waals surface area contributed by atoms with Crippen LogP contribution in [0.25, 0.3) is 32.9 Å². The zero-order valence-electron chi connectivity index (χ0n) is 18.6. The van der Waals surface area contributed by atoms with Crippen LogP contribution in [0.4, 0.5) is 5.69 Å². The number of thiazole rings is 1. The lowest BCUT2D eigenvalue weighted by Crippen LogP contribution is -2.12. The summed E-state index contributed by atoms with van der Waals surface area (Å²) < 4.78 is 6.42. The Morgan fingerprint density at radius 3 is 2.67 bits per heavy atom. The third-order valence-electron chi connectivity index (χ3n) is 5.74. The fourth-order valence-electron chi connectivity index (χ4n) is 4.12. The number of nitrogens with one attached hydrogen (secondary N) is 1. The molecule has 5 rings (SSSR count). The maximum atomic E-state index is 13.3. The van der Waals surface area contributed by atoms with Gasteiger partial charge in [0, 0.05) is 51.9 Å². The molecule has 0 bridgehead atoms. The van der Waals surface area contributed by atoms with Gasteiger partial charge in [0.05, 0.1) is 11.4 Å². The highest BCUT2D eigenvalue weighted by molar-refractivity contribution is 7.13. The predicted molar refractivity (Wildman–Crippen MR) is 135 cm³/mol. The number of hydrogen-bond donors (Lipinski definition) is 1. The maximum Gasteiger partial charge on any atom is 0.196 e. The van der Waals surface area contributed by atoms with E-state index in [0.717, 1.165) is 32.9 Å². The molecule has 0 aliphatic rings. The number of benzene rings is 2. The van der Waals surface area contributed by atoms with Gasteiger partial charge in [-0.05, 0) is 56.7 Å². The molecule has 0 fully saturated rings.